The maximum absolute atomic E-state index is 12.3. The summed E-state index contributed by atoms with van der Waals surface area (Å²) in [7, 11) is 3.94. The molecule has 1 aromatic heterocycles. The number of nitrogens with one attached hydrogen (secondary N) is 2. The van der Waals surface area contributed by atoms with E-state index in [9.17, 15) is 4.79 Å². The maximum atomic E-state index is 12.3. The average Bonchev–Trinajstić information content (AvgIpc) is 2.67. The van der Waals surface area contributed by atoms with E-state index in [-0.39, 0.29) is 5.91 Å². The lowest BCUT2D eigenvalue weighted by Crippen LogP contribution is -2.14. The number of hydrogen-bond acceptors (Lipinski definition) is 5. The lowest BCUT2D eigenvalue weighted by atomic mass is 10.1. The molecule has 0 fully saturated rings. The Morgan fingerprint density at radius 2 is 1.74 bits per heavy atom. The van der Waals surface area contributed by atoms with Gasteiger partial charge < -0.3 is 15.5 Å². The molecule has 0 aliphatic carbocycles. The van der Waals surface area contributed by atoms with Gasteiger partial charge in [0.15, 0.2) is 0 Å². The van der Waals surface area contributed by atoms with Gasteiger partial charge in [0.05, 0.1) is 5.56 Å². The van der Waals surface area contributed by atoms with Crippen molar-refractivity contribution in [3.05, 3.63) is 77.6 Å². The summed E-state index contributed by atoms with van der Waals surface area (Å²) in [5.41, 5.74) is 4.57. The number of aromatic nitrogens is 2. The number of rotatable bonds is 6. The largest absolute Gasteiger partial charge is 0.378 e. The SMILES string of the molecule is Cc1cccc(CNc2ncc(C(=O)Nc3ccc(N(C)C)cc3)cn2)c1. The molecule has 0 atom stereocenters. The van der Waals surface area contributed by atoms with Gasteiger partial charge in [0.25, 0.3) is 5.91 Å². The van der Waals surface area contributed by atoms with Crippen LogP contribution in [-0.2, 0) is 6.54 Å². The Hall–Kier alpha value is -3.41. The number of anilines is 3. The molecule has 0 saturated heterocycles. The van der Waals surface area contributed by atoms with Gasteiger partial charge in [-0.05, 0) is 36.8 Å². The molecule has 0 radical (unpaired) electrons. The molecule has 0 aliphatic rings. The topological polar surface area (TPSA) is 70.2 Å². The standard InChI is InChI=1S/C21H23N5O/c1-15-5-4-6-16(11-15)12-22-21-23-13-17(14-24-21)20(27)25-18-7-9-19(10-8-18)26(2)3/h4-11,13-14H,12H2,1-3H3,(H,25,27)(H,22,23,24). The van der Waals surface area contributed by atoms with Gasteiger partial charge in [0.2, 0.25) is 5.95 Å². The second-order valence-corrected chi connectivity index (χ2v) is 6.53. The summed E-state index contributed by atoms with van der Waals surface area (Å²) in [6, 6.07) is 15.9. The molecule has 2 aromatic carbocycles. The summed E-state index contributed by atoms with van der Waals surface area (Å²) in [4.78, 5) is 22.8. The van der Waals surface area contributed by atoms with E-state index in [0.29, 0.717) is 18.1 Å². The van der Waals surface area contributed by atoms with Gasteiger partial charge in [-0.15, -0.1) is 0 Å². The maximum Gasteiger partial charge on any atom is 0.258 e. The molecule has 6 heteroatoms. The van der Waals surface area contributed by atoms with Gasteiger partial charge in [0, 0.05) is 44.4 Å². The number of carbonyl (C=O) groups excluding carboxylic acids is 1. The van der Waals surface area contributed by atoms with E-state index in [1.54, 1.807) is 0 Å². The predicted octanol–water partition coefficient (Wildman–Crippen LogP) is 3.72. The fraction of sp³-hybridized carbons (Fsp3) is 0.190. The van der Waals surface area contributed by atoms with Crippen molar-refractivity contribution in [3.63, 3.8) is 0 Å². The molecule has 27 heavy (non-hydrogen) atoms. The summed E-state index contributed by atoms with van der Waals surface area (Å²) in [5, 5.41) is 6.01. The van der Waals surface area contributed by atoms with Gasteiger partial charge in [-0.25, -0.2) is 9.97 Å². The van der Waals surface area contributed by atoms with Gasteiger partial charge in [-0.2, -0.15) is 0 Å². The zero-order chi connectivity index (χ0) is 19.2. The van der Waals surface area contributed by atoms with Gasteiger partial charge in [-0.3, -0.25) is 4.79 Å². The molecule has 1 amide bonds. The minimum absolute atomic E-state index is 0.238. The number of aryl methyl sites for hydroxylation is 1. The summed E-state index contributed by atoms with van der Waals surface area (Å²) >= 11 is 0. The zero-order valence-electron chi connectivity index (χ0n) is 15.7. The van der Waals surface area contributed by atoms with Crippen molar-refractivity contribution in [3.8, 4) is 0 Å². The van der Waals surface area contributed by atoms with Crippen LogP contribution in [0.25, 0.3) is 0 Å². The Balaban J connectivity index is 1.58. The first-order valence-electron chi connectivity index (χ1n) is 8.71. The first-order chi connectivity index (χ1) is 13.0. The van der Waals surface area contributed by atoms with E-state index in [4.69, 9.17) is 0 Å². The van der Waals surface area contributed by atoms with Crippen molar-refractivity contribution in [1.82, 2.24) is 9.97 Å². The Labute approximate surface area is 159 Å². The van der Waals surface area contributed by atoms with E-state index >= 15 is 0 Å². The van der Waals surface area contributed by atoms with Gasteiger partial charge in [0.1, 0.15) is 0 Å². The number of benzene rings is 2. The van der Waals surface area contributed by atoms with E-state index in [1.165, 1.54) is 18.0 Å². The quantitative estimate of drug-likeness (QED) is 0.700. The Kier molecular flexibility index (Phi) is 5.66. The minimum atomic E-state index is -0.238. The third-order valence-electron chi connectivity index (χ3n) is 4.09. The van der Waals surface area contributed by atoms with Crippen LogP contribution in [0, 0.1) is 6.92 Å². The molecule has 1 heterocycles. The fourth-order valence-corrected chi connectivity index (χ4v) is 2.59. The Morgan fingerprint density at radius 1 is 1.04 bits per heavy atom. The molecule has 138 valence electrons. The second kappa shape index (κ2) is 8.31. The second-order valence-electron chi connectivity index (χ2n) is 6.53. The van der Waals surface area contributed by atoms with Crippen LogP contribution in [0.4, 0.5) is 17.3 Å². The van der Waals surface area contributed by atoms with E-state index < -0.39 is 0 Å². The molecule has 2 N–H and O–H groups in total. The van der Waals surface area contributed by atoms with Crippen molar-refractivity contribution in [2.24, 2.45) is 0 Å². The predicted molar refractivity (Wildman–Crippen MR) is 109 cm³/mol. The van der Waals surface area contributed by atoms with Gasteiger partial charge in [-0.1, -0.05) is 29.8 Å². The van der Waals surface area contributed by atoms with Crippen LogP contribution in [0.5, 0.6) is 0 Å². The van der Waals surface area contributed by atoms with Crippen LogP contribution in [-0.4, -0.2) is 30.0 Å². The van der Waals surface area contributed by atoms with Crippen molar-refractivity contribution in [1.29, 1.82) is 0 Å². The molecule has 6 nitrogen and oxygen atoms in total. The summed E-state index contributed by atoms with van der Waals surface area (Å²) < 4.78 is 0. The molecule has 0 unspecified atom stereocenters. The fourth-order valence-electron chi connectivity index (χ4n) is 2.59. The Bertz CT molecular complexity index is 905. The summed E-state index contributed by atoms with van der Waals surface area (Å²) in [6.45, 7) is 2.69. The van der Waals surface area contributed by atoms with Crippen LogP contribution in [0.15, 0.2) is 60.9 Å². The van der Waals surface area contributed by atoms with Crippen LogP contribution in [0.2, 0.25) is 0 Å². The number of amides is 1. The smallest absolute Gasteiger partial charge is 0.258 e. The third kappa shape index (κ3) is 5.04. The molecule has 0 aliphatic heterocycles. The molecule has 0 spiro atoms. The van der Waals surface area contributed by atoms with E-state index in [0.717, 1.165) is 16.9 Å². The molecule has 0 saturated carbocycles. The van der Waals surface area contributed by atoms with Crippen molar-refractivity contribution < 1.29 is 4.79 Å². The number of hydrogen-bond donors (Lipinski definition) is 2. The zero-order valence-corrected chi connectivity index (χ0v) is 15.7. The highest BCUT2D eigenvalue weighted by molar-refractivity contribution is 6.03. The lowest BCUT2D eigenvalue weighted by Gasteiger charge is -2.13. The van der Waals surface area contributed by atoms with Crippen molar-refractivity contribution in [2.45, 2.75) is 13.5 Å². The highest BCUT2D eigenvalue weighted by Crippen LogP contribution is 2.16. The third-order valence-corrected chi connectivity index (χ3v) is 4.09. The first kappa shape index (κ1) is 18.4. The summed E-state index contributed by atoms with van der Waals surface area (Å²) in [5.74, 6) is 0.251. The molecule has 3 aromatic rings. The molecule has 0 bridgehead atoms. The van der Waals surface area contributed by atoms with Gasteiger partial charge >= 0.3 is 0 Å². The van der Waals surface area contributed by atoms with Crippen LogP contribution in [0.1, 0.15) is 21.5 Å². The highest BCUT2D eigenvalue weighted by atomic mass is 16.1. The highest BCUT2D eigenvalue weighted by Gasteiger charge is 2.08. The first-order valence-corrected chi connectivity index (χ1v) is 8.71. The molecular weight excluding hydrogens is 338 g/mol. The van der Waals surface area contributed by atoms with E-state index in [2.05, 4.69) is 39.7 Å². The normalized spacial score (nSPS) is 10.3. The van der Waals surface area contributed by atoms with Crippen LogP contribution >= 0.6 is 0 Å². The average molecular weight is 361 g/mol. The van der Waals surface area contributed by atoms with Crippen LogP contribution in [0.3, 0.4) is 0 Å². The number of carbonyl (C=O) groups is 1. The number of nitrogens with zero attached hydrogens (tertiary/aromatic N) is 3. The van der Waals surface area contributed by atoms with E-state index in [1.807, 2.05) is 55.4 Å². The lowest BCUT2D eigenvalue weighted by molar-refractivity contribution is 0.102. The molecule has 3 rings (SSSR count). The minimum Gasteiger partial charge on any atom is -0.378 e. The molecular formula is C21H23N5O. The summed E-state index contributed by atoms with van der Waals surface area (Å²) in [6.07, 6.45) is 3.05. The monoisotopic (exact) mass is 361 g/mol. The van der Waals surface area contributed by atoms with Crippen molar-refractivity contribution in [2.75, 3.05) is 29.6 Å². The Morgan fingerprint density at radius 3 is 2.37 bits per heavy atom. The van der Waals surface area contributed by atoms with Crippen LogP contribution < -0.4 is 15.5 Å². The van der Waals surface area contributed by atoms with Crippen molar-refractivity contribution >= 4 is 23.2 Å².